The van der Waals surface area contributed by atoms with Crippen LogP contribution in [0, 0.1) is 0 Å². The summed E-state index contributed by atoms with van der Waals surface area (Å²) in [6, 6.07) is -0.306. The first-order valence-corrected chi connectivity index (χ1v) is 10.0. The van der Waals surface area contributed by atoms with Gasteiger partial charge in [0, 0.05) is 12.3 Å². The second-order valence-electron chi connectivity index (χ2n) is 6.28. The average Bonchev–Trinajstić information content (AvgIpc) is 2.97. The monoisotopic (exact) mass is 491 g/mol. The Bertz CT molecular complexity index is 1170. The fourth-order valence-electron chi connectivity index (χ4n) is 3.04. The number of aromatic nitrogens is 2. The Labute approximate surface area is 223 Å². The van der Waals surface area contributed by atoms with Gasteiger partial charge >= 0.3 is 64.8 Å². The molecule has 0 unspecified atom stereocenters. The van der Waals surface area contributed by atoms with Crippen LogP contribution in [0.15, 0.2) is 31.4 Å². The number of phosphoric ester groups is 1. The zero-order chi connectivity index (χ0) is 22.2. The standard InChI is InChI=1S/C15H18N3O11P.2Na/c1-2-27-13-9(10(20)12(13)22)17-8-6(5-28-30(24,25)26)29-14(11(8)21)18-4-3-7(19)16-15(18)23;;/h3-4,6,8,11,14,17,21H,2,5H2,1H3,(H,16,19,23)(H2,24,25,26);;/q;2*+1/p-2/t6-,8-,11-,14-;;/m1../s1. The minimum atomic E-state index is -5.41. The Morgan fingerprint density at radius 2 is 1.91 bits per heavy atom. The largest absolute Gasteiger partial charge is 1.00 e. The second kappa shape index (κ2) is 11.7. The number of aromatic amines is 1. The zero-order valence-corrected chi connectivity index (χ0v) is 22.2. The molecule has 0 bridgehead atoms. The van der Waals surface area contributed by atoms with E-state index in [1.54, 1.807) is 6.92 Å². The van der Waals surface area contributed by atoms with Crippen molar-refractivity contribution in [3.8, 4) is 5.75 Å². The van der Waals surface area contributed by atoms with E-state index in [4.69, 9.17) is 9.47 Å². The van der Waals surface area contributed by atoms with E-state index in [2.05, 4.69) is 9.84 Å². The van der Waals surface area contributed by atoms with Crippen molar-refractivity contribution in [3.63, 3.8) is 0 Å². The van der Waals surface area contributed by atoms with Crippen molar-refractivity contribution in [1.82, 2.24) is 9.55 Å². The van der Waals surface area contributed by atoms with Crippen molar-refractivity contribution < 1.29 is 92.6 Å². The minimum Gasteiger partial charge on any atom is -0.790 e. The molecule has 0 radical (unpaired) electrons. The van der Waals surface area contributed by atoms with E-state index >= 15 is 0 Å². The number of aliphatic hydroxyl groups is 1. The SMILES string of the molecule is CCOc1c(N[C@H]2[C@@H](O)[C@H](n3ccc(=O)[nH]c3=O)O[C@@H]2COP(=O)([O-])[O-])c(=O)c1=O.[Na+].[Na+]. The molecule has 0 spiro atoms. The van der Waals surface area contributed by atoms with Gasteiger partial charge in [-0.05, 0) is 6.92 Å². The maximum Gasteiger partial charge on any atom is 1.00 e. The average molecular weight is 491 g/mol. The Morgan fingerprint density at radius 1 is 1.25 bits per heavy atom. The maximum absolute atomic E-state index is 12.0. The molecular weight excluding hydrogens is 475 g/mol. The summed E-state index contributed by atoms with van der Waals surface area (Å²) in [4.78, 5) is 70.4. The Hall–Kier alpha value is -0.610. The van der Waals surface area contributed by atoms with E-state index in [-0.39, 0.29) is 77.2 Å². The van der Waals surface area contributed by atoms with Gasteiger partial charge in [0.15, 0.2) is 12.0 Å². The molecule has 0 aliphatic carbocycles. The molecule has 1 fully saturated rings. The summed E-state index contributed by atoms with van der Waals surface area (Å²) in [6.07, 6.45) is -3.36. The molecule has 2 heterocycles. The van der Waals surface area contributed by atoms with Crippen LogP contribution in [0.3, 0.4) is 0 Å². The number of phosphoric acid groups is 1. The third-order valence-corrected chi connectivity index (χ3v) is 4.83. The number of H-pyrrole nitrogens is 1. The molecule has 1 aliphatic heterocycles. The van der Waals surface area contributed by atoms with Crippen LogP contribution in [0.1, 0.15) is 13.2 Å². The molecule has 2 aromatic rings. The van der Waals surface area contributed by atoms with Crippen molar-refractivity contribution in [3.05, 3.63) is 53.5 Å². The molecule has 1 aromatic carbocycles. The summed E-state index contributed by atoms with van der Waals surface area (Å²) in [5.41, 5.74) is -3.75. The van der Waals surface area contributed by atoms with Gasteiger partial charge in [-0.3, -0.25) is 23.9 Å². The molecule has 1 saturated heterocycles. The van der Waals surface area contributed by atoms with Crippen molar-refractivity contribution in [1.29, 1.82) is 0 Å². The maximum atomic E-state index is 12.0. The van der Waals surface area contributed by atoms with E-state index in [9.17, 15) is 38.6 Å². The van der Waals surface area contributed by atoms with Crippen molar-refractivity contribution in [2.45, 2.75) is 31.4 Å². The number of rotatable bonds is 8. The van der Waals surface area contributed by atoms with Crippen LogP contribution < -0.4 is 101 Å². The van der Waals surface area contributed by atoms with Crippen molar-refractivity contribution in [2.75, 3.05) is 18.5 Å². The predicted molar refractivity (Wildman–Crippen MR) is 94.7 cm³/mol. The van der Waals surface area contributed by atoms with Gasteiger partial charge in [-0.15, -0.1) is 0 Å². The molecule has 3 rings (SSSR count). The molecule has 17 heteroatoms. The van der Waals surface area contributed by atoms with Crippen LogP contribution >= 0.6 is 7.82 Å². The third-order valence-electron chi connectivity index (χ3n) is 4.36. The molecule has 0 saturated carbocycles. The van der Waals surface area contributed by atoms with E-state index in [0.29, 0.717) is 0 Å². The second-order valence-corrected chi connectivity index (χ2v) is 7.43. The first kappa shape index (κ1) is 29.4. The molecule has 1 aromatic heterocycles. The number of aliphatic hydroxyl groups excluding tert-OH is 1. The summed E-state index contributed by atoms with van der Waals surface area (Å²) < 4.78 is 26.4. The van der Waals surface area contributed by atoms with Crippen molar-refractivity contribution >= 4 is 13.5 Å². The van der Waals surface area contributed by atoms with Crippen LogP contribution in [0.2, 0.25) is 0 Å². The molecular formula is C15H16N3Na2O11P. The van der Waals surface area contributed by atoms with Crippen LogP contribution in [-0.2, 0) is 13.8 Å². The number of nitrogens with one attached hydrogen (secondary N) is 2. The van der Waals surface area contributed by atoms with Gasteiger partial charge in [0.1, 0.15) is 17.9 Å². The van der Waals surface area contributed by atoms with Gasteiger partial charge in [-0.1, -0.05) is 0 Å². The van der Waals surface area contributed by atoms with Gasteiger partial charge in [0.25, 0.3) is 16.4 Å². The molecule has 32 heavy (non-hydrogen) atoms. The van der Waals surface area contributed by atoms with Gasteiger partial charge in [-0.25, -0.2) is 4.79 Å². The van der Waals surface area contributed by atoms with Crippen LogP contribution in [0.25, 0.3) is 0 Å². The van der Waals surface area contributed by atoms with Gasteiger partial charge in [0.2, 0.25) is 0 Å². The quantitative estimate of drug-likeness (QED) is 0.178. The van der Waals surface area contributed by atoms with Gasteiger partial charge < -0.3 is 38.8 Å². The molecule has 4 atom stereocenters. The minimum absolute atomic E-state index is 0. The predicted octanol–water partition coefficient (Wildman–Crippen LogP) is -9.88. The molecule has 3 N–H and O–H groups in total. The Morgan fingerprint density at radius 3 is 2.47 bits per heavy atom. The van der Waals surface area contributed by atoms with E-state index in [0.717, 1.165) is 16.8 Å². The molecule has 164 valence electrons. The topological polar surface area (TPSA) is 212 Å². The van der Waals surface area contributed by atoms with Gasteiger partial charge in [-0.2, -0.15) is 0 Å². The summed E-state index contributed by atoms with van der Waals surface area (Å²) in [5, 5.41) is 13.2. The summed E-state index contributed by atoms with van der Waals surface area (Å²) in [5.74, 6) is -0.280. The fraction of sp³-hybridized carbons (Fsp3) is 0.467. The fourth-order valence-corrected chi connectivity index (χ4v) is 3.37. The first-order valence-electron chi connectivity index (χ1n) is 8.57. The van der Waals surface area contributed by atoms with E-state index < -0.39 is 61.0 Å². The van der Waals surface area contributed by atoms with Crippen molar-refractivity contribution in [2.24, 2.45) is 0 Å². The normalized spacial score (nSPS) is 22.8. The van der Waals surface area contributed by atoms with E-state index in [1.165, 1.54) is 0 Å². The van der Waals surface area contributed by atoms with E-state index in [1.807, 2.05) is 4.98 Å². The van der Waals surface area contributed by atoms with Gasteiger partial charge in [0.05, 0.1) is 27.1 Å². The zero-order valence-electron chi connectivity index (χ0n) is 17.3. The smallest absolute Gasteiger partial charge is 0.790 e. The summed E-state index contributed by atoms with van der Waals surface area (Å²) in [6.45, 7) is 0.789. The first-order chi connectivity index (χ1) is 14.0. The number of hydrogen-bond donors (Lipinski definition) is 3. The van der Waals surface area contributed by atoms with Crippen LogP contribution in [0.5, 0.6) is 5.75 Å². The number of nitrogens with zero attached hydrogens (tertiary/aromatic N) is 1. The molecule has 14 nitrogen and oxygen atoms in total. The number of ether oxygens (including phenoxy) is 2. The molecule has 1 aliphatic rings. The molecule has 0 amide bonds. The Kier molecular flexibility index (Phi) is 10.7. The summed E-state index contributed by atoms with van der Waals surface area (Å²) in [7, 11) is -5.41. The number of anilines is 1. The van der Waals surface area contributed by atoms with Crippen LogP contribution in [-0.4, -0.2) is 46.1 Å². The Balaban J connectivity index is 0.00000256. The number of hydrogen-bond acceptors (Lipinski definition) is 12. The van der Waals surface area contributed by atoms with Crippen LogP contribution in [0.4, 0.5) is 5.69 Å². The summed E-state index contributed by atoms with van der Waals surface area (Å²) >= 11 is 0. The third kappa shape index (κ3) is 6.29.